The number of para-hydroxylation sites is 1. The minimum absolute atomic E-state index is 0.181. The van der Waals surface area contributed by atoms with Crippen LogP contribution in [0.1, 0.15) is 29.2 Å². The van der Waals surface area contributed by atoms with E-state index in [0.29, 0.717) is 25.1 Å². The Balaban J connectivity index is 1.40. The molecule has 4 amide bonds. The lowest BCUT2D eigenvalue weighted by Gasteiger charge is -2.29. The standard InChI is InChI=1S/C30H30N4O4S/c35-25-16-15-22(32-25)29(37)33-27-28(21-11-5-2-6-12-21)39-24-14-8-7-13-23(24)34(30(27)38)19-26(36)31-18-17-20-9-3-1-4-10-20/h1-14,22,27-28H,15-19H2,(H,31,36)(H,32,35)(H,33,37)/t22-,27-,28-/m0/s1. The van der Waals surface area contributed by atoms with Gasteiger partial charge < -0.3 is 20.9 Å². The summed E-state index contributed by atoms with van der Waals surface area (Å²) >= 11 is 1.48. The van der Waals surface area contributed by atoms with Crippen molar-refractivity contribution in [1.82, 2.24) is 16.0 Å². The normalized spacial score (nSPS) is 20.5. The van der Waals surface area contributed by atoms with E-state index in [1.54, 1.807) is 0 Å². The maximum Gasteiger partial charge on any atom is 0.251 e. The van der Waals surface area contributed by atoms with E-state index in [-0.39, 0.29) is 30.7 Å². The number of hydrogen-bond acceptors (Lipinski definition) is 5. The topological polar surface area (TPSA) is 108 Å². The fourth-order valence-electron chi connectivity index (χ4n) is 4.86. The molecular weight excluding hydrogens is 512 g/mol. The van der Waals surface area contributed by atoms with Gasteiger partial charge in [0.15, 0.2) is 0 Å². The van der Waals surface area contributed by atoms with Crippen molar-refractivity contribution < 1.29 is 19.2 Å². The summed E-state index contributed by atoms with van der Waals surface area (Å²) in [7, 11) is 0. The van der Waals surface area contributed by atoms with Gasteiger partial charge in [-0.2, -0.15) is 0 Å². The van der Waals surface area contributed by atoms with Gasteiger partial charge in [0.1, 0.15) is 18.6 Å². The molecule has 3 aromatic rings. The first-order valence-electron chi connectivity index (χ1n) is 13.0. The first-order chi connectivity index (χ1) is 19.0. The van der Waals surface area contributed by atoms with Gasteiger partial charge in [0.2, 0.25) is 17.7 Å². The van der Waals surface area contributed by atoms with Crippen molar-refractivity contribution in [2.75, 3.05) is 18.0 Å². The molecule has 0 aliphatic carbocycles. The average Bonchev–Trinajstić information content (AvgIpc) is 3.36. The minimum atomic E-state index is -0.952. The highest BCUT2D eigenvalue weighted by molar-refractivity contribution is 7.99. The highest BCUT2D eigenvalue weighted by Crippen LogP contribution is 2.45. The van der Waals surface area contributed by atoms with Crippen LogP contribution in [-0.4, -0.2) is 48.8 Å². The number of rotatable bonds is 8. The predicted molar refractivity (Wildman–Crippen MR) is 150 cm³/mol. The lowest BCUT2D eigenvalue weighted by molar-refractivity contribution is -0.130. The van der Waals surface area contributed by atoms with Gasteiger partial charge >= 0.3 is 0 Å². The zero-order valence-electron chi connectivity index (χ0n) is 21.3. The van der Waals surface area contributed by atoms with E-state index in [4.69, 9.17) is 0 Å². The third kappa shape index (κ3) is 6.31. The smallest absolute Gasteiger partial charge is 0.251 e. The highest BCUT2D eigenvalue weighted by Gasteiger charge is 2.41. The van der Waals surface area contributed by atoms with Gasteiger partial charge in [-0.1, -0.05) is 72.8 Å². The zero-order valence-corrected chi connectivity index (χ0v) is 22.2. The minimum Gasteiger partial charge on any atom is -0.354 e. The maximum absolute atomic E-state index is 14.2. The Morgan fingerprint density at radius 1 is 0.923 bits per heavy atom. The van der Waals surface area contributed by atoms with Crippen LogP contribution in [0, 0.1) is 0 Å². The van der Waals surface area contributed by atoms with Gasteiger partial charge in [0.25, 0.3) is 5.91 Å². The second-order valence-corrected chi connectivity index (χ2v) is 10.8. The third-order valence-electron chi connectivity index (χ3n) is 6.86. The molecule has 3 N–H and O–H groups in total. The Labute approximate surface area is 231 Å². The first-order valence-corrected chi connectivity index (χ1v) is 13.9. The number of anilines is 1. The molecule has 0 spiro atoms. The summed E-state index contributed by atoms with van der Waals surface area (Å²) in [5.74, 6) is -1.25. The largest absolute Gasteiger partial charge is 0.354 e. The molecule has 0 radical (unpaired) electrons. The number of benzene rings is 3. The lowest BCUT2D eigenvalue weighted by atomic mass is 10.0. The molecule has 39 heavy (non-hydrogen) atoms. The van der Waals surface area contributed by atoms with Crippen LogP contribution in [0.25, 0.3) is 0 Å². The van der Waals surface area contributed by atoms with Crippen LogP contribution >= 0.6 is 11.8 Å². The fourth-order valence-corrected chi connectivity index (χ4v) is 6.20. The molecule has 200 valence electrons. The van der Waals surface area contributed by atoms with Crippen molar-refractivity contribution in [3.63, 3.8) is 0 Å². The van der Waals surface area contributed by atoms with E-state index >= 15 is 0 Å². The van der Waals surface area contributed by atoms with E-state index in [0.717, 1.165) is 16.0 Å². The summed E-state index contributed by atoms with van der Waals surface area (Å²) in [4.78, 5) is 54.4. The Kier molecular flexibility index (Phi) is 8.27. The molecule has 8 nitrogen and oxygen atoms in total. The molecule has 0 aromatic heterocycles. The van der Waals surface area contributed by atoms with E-state index < -0.39 is 23.2 Å². The molecule has 3 aromatic carbocycles. The van der Waals surface area contributed by atoms with E-state index in [1.807, 2.05) is 84.9 Å². The number of carbonyl (C=O) groups excluding carboxylic acids is 4. The molecule has 2 aliphatic heterocycles. The summed E-state index contributed by atoms with van der Waals surface area (Å²) in [6.45, 7) is 0.259. The number of nitrogens with one attached hydrogen (secondary N) is 3. The molecule has 2 heterocycles. The van der Waals surface area contributed by atoms with Crippen LogP contribution in [0.2, 0.25) is 0 Å². The number of carbonyl (C=O) groups is 4. The molecule has 0 unspecified atom stereocenters. The zero-order chi connectivity index (χ0) is 27.2. The molecule has 2 aliphatic rings. The van der Waals surface area contributed by atoms with Crippen LogP contribution < -0.4 is 20.9 Å². The number of fused-ring (bicyclic) bond motifs is 1. The lowest BCUT2D eigenvalue weighted by Crippen LogP contribution is -2.55. The van der Waals surface area contributed by atoms with Crippen LogP contribution in [0.15, 0.2) is 89.8 Å². The molecule has 5 rings (SSSR count). The van der Waals surface area contributed by atoms with Crippen molar-refractivity contribution >= 4 is 41.1 Å². The van der Waals surface area contributed by atoms with Gasteiger partial charge in [0, 0.05) is 17.9 Å². The Bertz CT molecular complexity index is 1350. The Hall–Kier alpha value is -4.11. The van der Waals surface area contributed by atoms with Crippen molar-refractivity contribution in [2.45, 2.75) is 41.5 Å². The van der Waals surface area contributed by atoms with Gasteiger partial charge in [-0.15, -0.1) is 11.8 Å². The molecule has 3 atom stereocenters. The molecule has 1 saturated heterocycles. The number of hydrogen-bond donors (Lipinski definition) is 3. The van der Waals surface area contributed by atoms with Crippen molar-refractivity contribution in [3.8, 4) is 0 Å². The van der Waals surface area contributed by atoms with Crippen LogP contribution in [0.4, 0.5) is 5.69 Å². The summed E-state index contributed by atoms with van der Waals surface area (Å²) < 4.78 is 0. The van der Waals surface area contributed by atoms with E-state index in [2.05, 4.69) is 16.0 Å². The molecule has 1 fully saturated rings. The van der Waals surface area contributed by atoms with Gasteiger partial charge in [0.05, 0.1) is 10.9 Å². The Morgan fingerprint density at radius 2 is 1.62 bits per heavy atom. The van der Waals surface area contributed by atoms with Crippen LogP contribution in [0.3, 0.4) is 0 Å². The van der Waals surface area contributed by atoms with Gasteiger partial charge in [-0.25, -0.2) is 0 Å². The predicted octanol–water partition coefficient (Wildman–Crippen LogP) is 2.99. The highest BCUT2D eigenvalue weighted by atomic mass is 32.2. The fraction of sp³-hybridized carbons (Fsp3) is 0.267. The summed E-state index contributed by atoms with van der Waals surface area (Å²) in [5.41, 5.74) is 2.61. The van der Waals surface area contributed by atoms with Crippen LogP contribution in [-0.2, 0) is 25.6 Å². The molecule has 0 bridgehead atoms. The van der Waals surface area contributed by atoms with Crippen molar-refractivity contribution in [2.24, 2.45) is 0 Å². The SMILES string of the molecule is O=C(CN1C(=O)[C@@H](NC(=O)[C@@H]2CCC(=O)N2)[C@H](c2ccccc2)Sc2ccccc21)NCCc1ccccc1. The van der Waals surface area contributed by atoms with Crippen molar-refractivity contribution in [1.29, 1.82) is 0 Å². The summed E-state index contributed by atoms with van der Waals surface area (Å²) in [5, 5.41) is 8.09. The van der Waals surface area contributed by atoms with Crippen LogP contribution in [0.5, 0.6) is 0 Å². The van der Waals surface area contributed by atoms with Gasteiger partial charge in [-0.3, -0.25) is 19.2 Å². The third-order valence-corrected chi connectivity index (χ3v) is 8.26. The van der Waals surface area contributed by atoms with E-state index in [1.165, 1.54) is 16.7 Å². The second-order valence-electron chi connectivity index (χ2n) is 9.57. The number of amides is 4. The summed E-state index contributed by atoms with van der Waals surface area (Å²) in [6.07, 6.45) is 1.33. The molecular formula is C30H30N4O4S. The second kappa shape index (κ2) is 12.2. The summed E-state index contributed by atoms with van der Waals surface area (Å²) in [6, 6.07) is 25.2. The number of thioether (sulfide) groups is 1. The maximum atomic E-state index is 14.2. The quantitative estimate of drug-likeness (QED) is 0.406. The number of nitrogens with zero attached hydrogens (tertiary/aromatic N) is 1. The van der Waals surface area contributed by atoms with Gasteiger partial charge in [-0.05, 0) is 36.1 Å². The first kappa shape index (κ1) is 26.5. The molecule has 9 heteroatoms. The average molecular weight is 543 g/mol. The van der Waals surface area contributed by atoms with Crippen molar-refractivity contribution in [3.05, 3.63) is 96.1 Å². The van der Waals surface area contributed by atoms with E-state index in [9.17, 15) is 19.2 Å². The molecule has 0 saturated carbocycles. The Morgan fingerprint density at radius 3 is 2.33 bits per heavy atom. The monoisotopic (exact) mass is 542 g/mol.